The van der Waals surface area contributed by atoms with Crippen molar-refractivity contribution in [2.24, 2.45) is 0 Å². The van der Waals surface area contributed by atoms with Gasteiger partial charge in [-0.05, 0) is 42.0 Å². The van der Waals surface area contributed by atoms with Crippen LogP contribution < -0.4 is 25.4 Å². The highest BCUT2D eigenvalue weighted by Crippen LogP contribution is 2.34. The third kappa shape index (κ3) is 4.07. The van der Waals surface area contributed by atoms with Gasteiger partial charge in [0.25, 0.3) is 5.91 Å². The van der Waals surface area contributed by atoms with Crippen LogP contribution >= 0.6 is 0 Å². The molecule has 0 saturated heterocycles. The van der Waals surface area contributed by atoms with Gasteiger partial charge in [-0.2, -0.15) is 0 Å². The SMILES string of the molecule is O=C(NCc1ccc(NC(=O)c2ccco2)cc1)Nc1ccc2c(c1)OCO2. The molecule has 0 atom stereocenters. The van der Waals surface area contributed by atoms with Gasteiger partial charge in [0, 0.05) is 24.0 Å². The topological polar surface area (TPSA) is 102 Å². The smallest absolute Gasteiger partial charge is 0.319 e. The minimum atomic E-state index is -0.339. The summed E-state index contributed by atoms with van der Waals surface area (Å²) in [7, 11) is 0. The van der Waals surface area contributed by atoms with Crippen molar-refractivity contribution in [3.63, 3.8) is 0 Å². The third-order valence-electron chi connectivity index (χ3n) is 4.04. The molecule has 0 unspecified atom stereocenters. The Balaban J connectivity index is 1.27. The number of carbonyl (C=O) groups is 2. The van der Waals surface area contributed by atoms with Gasteiger partial charge in [-0.1, -0.05) is 12.1 Å². The van der Waals surface area contributed by atoms with Crippen molar-refractivity contribution >= 4 is 23.3 Å². The summed E-state index contributed by atoms with van der Waals surface area (Å²) in [6.07, 6.45) is 1.44. The second-order valence-corrected chi connectivity index (χ2v) is 6.00. The maximum atomic E-state index is 12.1. The van der Waals surface area contributed by atoms with Crippen LogP contribution in [0.3, 0.4) is 0 Å². The second kappa shape index (κ2) is 7.75. The standard InChI is InChI=1S/C20H17N3O5/c24-19(17-2-1-9-26-17)22-14-5-3-13(4-6-14)11-21-20(25)23-15-7-8-16-18(10-15)28-12-27-16/h1-10H,11-12H2,(H,22,24)(H2,21,23,25). The van der Waals surface area contributed by atoms with Gasteiger partial charge >= 0.3 is 6.03 Å². The quantitative estimate of drug-likeness (QED) is 0.629. The largest absolute Gasteiger partial charge is 0.459 e. The van der Waals surface area contributed by atoms with Crippen LogP contribution in [0.25, 0.3) is 0 Å². The van der Waals surface area contributed by atoms with Crippen LogP contribution in [0.5, 0.6) is 11.5 Å². The molecule has 8 nitrogen and oxygen atoms in total. The van der Waals surface area contributed by atoms with E-state index >= 15 is 0 Å². The van der Waals surface area contributed by atoms with Crippen molar-refractivity contribution in [1.82, 2.24) is 5.32 Å². The number of furan rings is 1. The average molecular weight is 379 g/mol. The first-order valence-electron chi connectivity index (χ1n) is 8.56. The van der Waals surface area contributed by atoms with Gasteiger partial charge in [0.05, 0.1) is 6.26 Å². The lowest BCUT2D eigenvalue weighted by molar-refractivity contribution is 0.0996. The Bertz CT molecular complexity index is 984. The summed E-state index contributed by atoms with van der Waals surface area (Å²) in [6, 6.07) is 15.2. The van der Waals surface area contributed by atoms with Gasteiger partial charge in [-0.3, -0.25) is 4.79 Å². The van der Waals surface area contributed by atoms with Gasteiger partial charge in [0.15, 0.2) is 17.3 Å². The lowest BCUT2D eigenvalue weighted by Gasteiger charge is -2.09. The first kappa shape index (κ1) is 17.5. The number of nitrogens with one attached hydrogen (secondary N) is 3. The molecule has 3 N–H and O–H groups in total. The lowest BCUT2D eigenvalue weighted by atomic mass is 10.2. The Labute approximate surface area is 160 Å². The molecular formula is C20H17N3O5. The molecule has 3 aromatic rings. The molecule has 0 aliphatic carbocycles. The summed E-state index contributed by atoms with van der Waals surface area (Å²) in [5.41, 5.74) is 2.13. The number of carbonyl (C=O) groups excluding carboxylic acids is 2. The molecule has 0 radical (unpaired) electrons. The molecule has 142 valence electrons. The molecule has 0 fully saturated rings. The van der Waals surface area contributed by atoms with Gasteiger partial charge < -0.3 is 29.8 Å². The number of rotatable bonds is 5. The summed E-state index contributed by atoms with van der Waals surface area (Å²) in [6.45, 7) is 0.520. The summed E-state index contributed by atoms with van der Waals surface area (Å²) in [4.78, 5) is 24.0. The first-order chi connectivity index (χ1) is 13.7. The number of urea groups is 1. The van der Waals surface area contributed by atoms with Gasteiger partial charge in [0.1, 0.15) is 0 Å². The number of hydrogen-bond acceptors (Lipinski definition) is 5. The Morgan fingerprint density at radius 3 is 2.46 bits per heavy atom. The van der Waals surface area contributed by atoms with Crippen molar-refractivity contribution in [2.45, 2.75) is 6.54 Å². The Morgan fingerprint density at radius 2 is 1.68 bits per heavy atom. The predicted molar refractivity (Wildman–Crippen MR) is 102 cm³/mol. The van der Waals surface area contributed by atoms with E-state index < -0.39 is 0 Å². The van der Waals surface area contributed by atoms with Crippen molar-refractivity contribution in [3.8, 4) is 11.5 Å². The molecule has 28 heavy (non-hydrogen) atoms. The molecule has 3 amide bonds. The molecule has 0 bridgehead atoms. The zero-order valence-corrected chi connectivity index (χ0v) is 14.7. The van der Waals surface area contributed by atoms with E-state index in [0.717, 1.165) is 5.56 Å². The molecule has 2 aromatic carbocycles. The molecule has 1 aliphatic heterocycles. The van der Waals surface area contributed by atoms with Gasteiger partial charge in [-0.25, -0.2) is 4.79 Å². The van der Waals surface area contributed by atoms with Crippen molar-refractivity contribution < 1.29 is 23.5 Å². The number of hydrogen-bond donors (Lipinski definition) is 3. The van der Waals surface area contributed by atoms with Crippen LogP contribution in [0.4, 0.5) is 16.2 Å². The number of benzene rings is 2. The van der Waals surface area contributed by atoms with Crippen LogP contribution in [0.1, 0.15) is 16.1 Å². The fraction of sp³-hybridized carbons (Fsp3) is 0.100. The maximum Gasteiger partial charge on any atom is 0.319 e. The molecule has 8 heteroatoms. The van der Waals surface area contributed by atoms with Crippen LogP contribution in [0.2, 0.25) is 0 Å². The van der Waals surface area contributed by atoms with Crippen molar-refractivity contribution in [2.75, 3.05) is 17.4 Å². The number of amides is 3. The van der Waals surface area contributed by atoms with E-state index in [2.05, 4.69) is 16.0 Å². The van der Waals surface area contributed by atoms with E-state index in [1.54, 1.807) is 42.5 Å². The number of fused-ring (bicyclic) bond motifs is 1. The van der Waals surface area contributed by atoms with E-state index in [-0.39, 0.29) is 24.5 Å². The summed E-state index contributed by atoms with van der Waals surface area (Å²) in [5, 5.41) is 8.25. The van der Waals surface area contributed by atoms with E-state index in [9.17, 15) is 9.59 Å². The lowest BCUT2D eigenvalue weighted by Crippen LogP contribution is -2.28. The van der Waals surface area contributed by atoms with Gasteiger partial charge in [0.2, 0.25) is 6.79 Å². The third-order valence-corrected chi connectivity index (χ3v) is 4.04. The highest BCUT2D eigenvalue weighted by molar-refractivity contribution is 6.02. The Morgan fingerprint density at radius 1 is 0.893 bits per heavy atom. The number of ether oxygens (including phenoxy) is 2. The Hall–Kier alpha value is -3.94. The fourth-order valence-electron chi connectivity index (χ4n) is 2.64. The normalized spacial score (nSPS) is 11.7. The zero-order valence-electron chi connectivity index (χ0n) is 14.7. The molecule has 1 aromatic heterocycles. The summed E-state index contributed by atoms with van der Waals surface area (Å²) >= 11 is 0. The zero-order chi connectivity index (χ0) is 19.3. The predicted octanol–water partition coefficient (Wildman–Crippen LogP) is 3.58. The molecule has 0 saturated carbocycles. The van der Waals surface area contributed by atoms with E-state index in [1.165, 1.54) is 6.26 Å². The van der Waals surface area contributed by atoms with E-state index in [0.29, 0.717) is 29.4 Å². The van der Waals surface area contributed by atoms with Crippen LogP contribution in [-0.4, -0.2) is 18.7 Å². The molecule has 2 heterocycles. The summed E-state index contributed by atoms with van der Waals surface area (Å²) < 4.78 is 15.6. The summed E-state index contributed by atoms with van der Waals surface area (Å²) in [5.74, 6) is 1.18. The average Bonchev–Trinajstić information content (AvgIpc) is 3.39. The monoisotopic (exact) mass is 379 g/mol. The molecule has 1 aliphatic rings. The second-order valence-electron chi connectivity index (χ2n) is 6.00. The van der Waals surface area contributed by atoms with Crippen LogP contribution in [0, 0.1) is 0 Å². The van der Waals surface area contributed by atoms with Crippen LogP contribution in [0.15, 0.2) is 65.3 Å². The minimum absolute atomic E-state index is 0.183. The highest BCUT2D eigenvalue weighted by Gasteiger charge is 2.14. The number of anilines is 2. The fourth-order valence-corrected chi connectivity index (χ4v) is 2.64. The van der Waals surface area contributed by atoms with E-state index in [4.69, 9.17) is 13.9 Å². The first-order valence-corrected chi connectivity index (χ1v) is 8.56. The van der Waals surface area contributed by atoms with Crippen molar-refractivity contribution in [3.05, 3.63) is 72.2 Å². The molecule has 4 rings (SSSR count). The molecular weight excluding hydrogens is 362 g/mol. The van der Waals surface area contributed by atoms with Crippen molar-refractivity contribution in [1.29, 1.82) is 0 Å². The highest BCUT2D eigenvalue weighted by atomic mass is 16.7. The molecule has 0 spiro atoms. The Kier molecular flexibility index (Phi) is 4.83. The van der Waals surface area contributed by atoms with Crippen LogP contribution in [-0.2, 0) is 6.54 Å². The van der Waals surface area contributed by atoms with E-state index in [1.807, 2.05) is 12.1 Å². The van der Waals surface area contributed by atoms with Gasteiger partial charge in [-0.15, -0.1) is 0 Å². The minimum Gasteiger partial charge on any atom is -0.459 e. The maximum absolute atomic E-state index is 12.1.